The molecule has 0 saturated carbocycles. The van der Waals surface area contributed by atoms with E-state index in [1.54, 1.807) is 0 Å². The fourth-order valence-corrected chi connectivity index (χ4v) is 10.0. The molecule has 0 aliphatic carbocycles. The van der Waals surface area contributed by atoms with Crippen molar-refractivity contribution in [1.82, 2.24) is 4.57 Å². The minimum absolute atomic E-state index is 0.00214. The summed E-state index contributed by atoms with van der Waals surface area (Å²) < 4.78 is 9.64. The van der Waals surface area contributed by atoms with E-state index in [0.717, 1.165) is 33.3 Å². The molecule has 0 unspecified atom stereocenters. The summed E-state index contributed by atoms with van der Waals surface area (Å²) in [5.41, 5.74) is 18.0. The highest BCUT2D eigenvalue weighted by atomic mass is 16.3. The van der Waals surface area contributed by atoms with E-state index in [2.05, 4.69) is 203 Å². The summed E-state index contributed by atoms with van der Waals surface area (Å²) in [5.74, 6) is 0. The lowest BCUT2D eigenvalue weighted by molar-refractivity contribution is 0.590. The van der Waals surface area contributed by atoms with E-state index in [1.165, 1.54) is 82.6 Å². The Kier molecular flexibility index (Phi) is 6.69. The van der Waals surface area contributed by atoms with E-state index in [4.69, 9.17) is 4.42 Å². The van der Waals surface area contributed by atoms with E-state index in [9.17, 15) is 0 Å². The molecule has 0 atom stereocenters. The fourth-order valence-electron chi connectivity index (χ4n) is 10.0. The molecular formula is C54H43BN2O. The molecule has 0 amide bonds. The highest BCUT2D eigenvalue weighted by molar-refractivity contribution is 6.94. The van der Waals surface area contributed by atoms with E-state index in [1.807, 2.05) is 0 Å². The second kappa shape index (κ2) is 11.5. The van der Waals surface area contributed by atoms with Crippen molar-refractivity contribution < 1.29 is 4.42 Å². The first-order chi connectivity index (χ1) is 28.0. The van der Waals surface area contributed by atoms with Crippen molar-refractivity contribution in [2.75, 3.05) is 4.81 Å². The van der Waals surface area contributed by atoms with Gasteiger partial charge in [-0.1, -0.05) is 139 Å². The maximum atomic E-state index is 7.07. The van der Waals surface area contributed by atoms with Crippen LogP contribution in [0.15, 0.2) is 156 Å². The van der Waals surface area contributed by atoms with Crippen LogP contribution < -0.4 is 15.7 Å². The molecule has 0 spiro atoms. The first-order valence-electron chi connectivity index (χ1n) is 20.6. The largest absolute Gasteiger partial charge is 0.454 e. The minimum Gasteiger partial charge on any atom is -0.454 e. The third-order valence-electron chi connectivity index (χ3n) is 13.0. The van der Waals surface area contributed by atoms with Crippen LogP contribution in [0.25, 0.3) is 82.5 Å². The van der Waals surface area contributed by atoms with Crippen LogP contribution in [-0.4, -0.2) is 11.4 Å². The number of benzene rings is 8. The Balaban J connectivity index is 1.28. The lowest BCUT2D eigenvalue weighted by Crippen LogP contribution is -2.60. The first kappa shape index (κ1) is 33.6. The van der Waals surface area contributed by atoms with Crippen LogP contribution in [0.4, 0.5) is 11.4 Å². The highest BCUT2D eigenvalue weighted by Crippen LogP contribution is 2.49. The second-order valence-corrected chi connectivity index (χ2v) is 18.6. The van der Waals surface area contributed by atoms with Gasteiger partial charge in [-0.3, -0.25) is 0 Å². The minimum atomic E-state index is -0.123. The Morgan fingerprint density at radius 1 is 0.517 bits per heavy atom. The highest BCUT2D eigenvalue weighted by Gasteiger charge is 2.46. The second-order valence-electron chi connectivity index (χ2n) is 18.6. The number of fused-ring (bicyclic) bond motifs is 12. The molecule has 3 nitrogen and oxygen atoms in total. The number of nitrogens with zero attached hydrogens (tertiary/aromatic N) is 2. The SMILES string of the molecule is CC(C)(C)c1ccc2c(c1)c1cc(C(C)(C)C)cc3c1n2-c1c2c(cc4c1oc1ccccc14)-c1cc4ccccc4cc1N(c1ccc(-c4ccccc4)cc1)B23. The monoisotopic (exact) mass is 746 g/mol. The fraction of sp³-hybridized carbons (Fsp3) is 0.148. The average molecular weight is 747 g/mol. The van der Waals surface area contributed by atoms with Crippen LogP contribution in [0.1, 0.15) is 52.7 Å². The van der Waals surface area contributed by atoms with Crippen LogP contribution in [0.2, 0.25) is 0 Å². The van der Waals surface area contributed by atoms with Crippen LogP contribution in [0.3, 0.4) is 0 Å². The molecular weight excluding hydrogens is 703 g/mol. The molecule has 2 aliphatic heterocycles. The van der Waals surface area contributed by atoms with E-state index in [-0.39, 0.29) is 17.7 Å². The Labute approximate surface area is 339 Å². The van der Waals surface area contributed by atoms with Crippen molar-refractivity contribution in [3.63, 3.8) is 0 Å². The van der Waals surface area contributed by atoms with Gasteiger partial charge in [0.15, 0.2) is 5.58 Å². The molecule has 4 heterocycles. The number of aromatic nitrogens is 1. The van der Waals surface area contributed by atoms with Crippen molar-refractivity contribution in [2.45, 2.75) is 52.4 Å². The number of anilines is 2. The molecule has 0 saturated heterocycles. The van der Waals surface area contributed by atoms with Gasteiger partial charge in [0.25, 0.3) is 0 Å². The predicted molar refractivity (Wildman–Crippen MR) is 247 cm³/mol. The summed E-state index contributed by atoms with van der Waals surface area (Å²) in [6.07, 6.45) is 0. The number of rotatable bonds is 2. The molecule has 2 aromatic heterocycles. The summed E-state index contributed by atoms with van der Waals surface area (Å²) in [7, 11) is 0. The van der Waals surface area contributed by atoms with Crippen molar-refractivity contribution >= 4 is 83.7 Å². The quantitative estimate of drug-likeness (QED) is 0.164. The molecule has 0 N–H and O–H groups in total. The zero-order valence-corrected chi connectivity index (χ0v) is 33.8. The number of hydrogen-bond acceptors (Lipinski definition) is 2. The zero-order valence-electron chi connectivity index (χ0n) is 33.8. The van der Waals surface area contributed by atoms with Crippen molar-refractivity contribution in [3.8, 4) is 27.9 Å². The lowest BCUT2D eigenvalue weighted by atomic mass is 9.43. The molecule has 4 heteroatoms. The average Bonchev–Trinajstić information content (AvgIpc) is 3.77. The van der Waals surface area contributed by atoms with E-state index >= 15 is 0 Å². The van der Waals surface area contributed by atoms with Crippen molar-refractivity contribution in [3.05, 3.63) is 163 Å². The molecule has 0 bridgehead atoms. The normalized spacial score (nSPS) is 13.6. The van der Waals surface area contributed by atoms with Crippen molar-refractivity contribution in [1.29, 1.82) is 0 Å². The van der Waals surface area contributed by atoms with Gasteiger partial charge in [0.05, 0.1) is 16.7 Å². The van der Waals surface area contributed by atoms with Crippen LogP contribution in [0, 0.1) is 0 Å². The number of hydrogen-bond donors (Lipinski definition) is 0. The van der Waals surface area contributed by atoms with Crippen LogP contribution in [0.5, 0.6) is 0 Å². The van der Waals surface area contributed by atoms with Gasteiger partial charge in [-0.2, -0.15) is 0 Å². The third kappa shape index (κ3) is 4.63. The predicted octanol–water partition coefficient (Wildman–Crippen LogP) is 13.3. The van der Waals surface area contributed by atoms with Gasteiger partial charge in [0.1, 0.15) is 5.58 Å². The molecule has 12 rings (SSSR count). The lowest BCUT2D eigenvalue weighted by Gasteiger charge is -2.42. The first-order valence-corrected chi connectivity index (χ1v) is 20.6. The van der Waals surface area contributed by atoms with E-state index in [0.29, 0.717) is 0 Å². The summed E-state index contributed by atoms with van der Waals surface area (Å²) >= 11 is 0. The maximum absolute atomic E-state index is 7.07. The molecule has 2 aliphatic rings. The summed E-state index contributed by atoms with van der Waals surface area (Å²) in [6.45, 7) is 13.9. The van der Waals surface area contributed by atoms with Gasteiger partial charge in [-0.15, -0.1) is 0 Å². The van der Waals surface area contributed by atoms with Gasteiger partial charge in [-0.05, 0) is 115 Å². The molecule has 0 radical (unpaired) electrons. The summed E-state index contributed by atoms with van der Waals surface area (Å²) in [6, 6.07) is 56.8. The molecule has 10 aromatic rings. The Morgan fingerprint density at radius 2 is 1.19 bits per heavy atom. The molecule has 58 heavy (non-hydrogen) atoms. The smallest absolute Gasteiger partial charge is 0.333 e. The topological polar surface area (TPSA) is 21.3 Å². The Hall–Kier alpha value is -6.52. The van der Waals surface area contributed by atoms with Gasteiger partial charge in [0, 0.05) is 38.5 Å². The Bertz CT molecular complexity index is 3360. The van der Waals surface area contributed by atoms with Gasteiger partial charge >= 0.3 is 6.85 Å². The number of furan rings is 1. The van der Waals surface area contributed by atoms with Crippen LogP contribution in [-0.2, 0) is 10.8 Å². The zero-order chi connectivity index (χ0) is 39.2. The van der Waals surface area contributed by atoms with Crippen LogP contribution >= 0.6 is 0 Å². The molecule has 8 aromatic carbocycles. The van der Waals surface area contributed by atoms with Gasteiger partial charge < -0.3 is 13.8 Å². The third-order valence-corrected chi connectivity index (χ3v) is 13.0. The standard InChI is InChI=1S/C54H43BN2O/c1-53(2,3)36-22-25-46-41(28-36)43-29-37(54(4,5)6)30-45-50(43)56(46)51-49-42(31-44-39-18-12-13-19-48(39)58-52(44)51)40-26-34-16-10-11-17-35(34)27-47(40)57(55(45)49)38-23-20-33(21-24-38)32-14-8-7-9-15-32/h7-31H,1-6H3. The van der Waals surface area contributed by atoms with Gasteiger partial charge in [0.2, 0.25) is 0 Å². The maximum Gasteiger partial charge on any atom is 0.333 e. The molecule has 278 valence electrons. The number of para-hydroxylation sites is 1. The Morgan fingerprint density at radius 3 is 1.95 bits per heavy atom. The van der Waals surface area contributed by atoms with E-state index < -0.39 is 0 Å². The summed E-state index contributed by atoms with van der Waals surface area (Å²) in [5, 5.41) is 7.35. The summed E-state index contributed by atoms with van der Waals surface area (Å²) in [4.78, 5) is 2.64. The van der Waals surface area contributed by atoms with Crippen molar-refractivity contribution in [2.24, 2.45) is 0 Å². The van der Waals surface area contributed by atoms with Gasteiger partial charge in [-0.25, -0.2) is 0 Å². The molecule has 0 fully saturated rings.